The summed E-state index contributed by atoms with van der Waals surface area (Å²) in [6.07, 6.45) is 3.72. The second kappa shape index (κ2) is 4.20. The molecule has 2 aliphatic rings. The van der Waals surface area contributed by atoms with E-state index in [1.54, 1.807) is 12.0 Å². The molecule has 1 fully saturated rings. The first kappa shape index (κ1) is 12.4. The number of anilines is 1. The molecule has 1 aliphatic heterocycles. The molecule has 1 aromatic rings. The third-order valence-electron chi connectivity index (χ3n) is 4.78. The van der Waals surface area contributed by atoms with E-state index < -0.39 is 5.41 Å². The molecule has 1 heterocycles. The van der Waals surface area contributed by atoms with Gasteiger partial charge in [-0.1, -0.05) is 24.3 Å². The lowest BCUT2D eigenvalue weighted by Gasteiger charge is -2.30. The summed E-state index contributed by atoms with van der Waals surface area (Å²) < 4.78 is 5.56. The topological polar surface area (TPSA) is 29.5 Å². The number of rotatable bonds is 2. The van der Waals surface area contributed by atoms with Crippen molar-refractivity contribution < 1.29 is 9.53 Å². The van der Waals surface area contributed by atoms with E-state index in [2.05, 4.69) is 12.6 Å². The van der Waals surface area contributed by atoms with Crippen LogP contribution < -0.4 is 4.90 Å². The highest BCUT2D eigenvalue weighted by Crippen LogP contribution is 2.54. The van der Waals surface area contributed by atoms with Crippen molar-refractivity contribution in [2.45, 2.75) is 24.4 Å². The highest BCUT2D eigenvalue weighted by molar-refractivity contribution is 6.08. The molecule has 100 valence electrons. The van der Waals surface area contributed by atoms with Gasteiger partial charge in [-0.2, -0.15) is 0 Å². The second-order valence-electron chi connectivity index (χ2n) is 5.43. The Bertz CT molecular complexity index is 539. The molecule has 1 aliphatic carbocycles. The number of fused-ring (bicyclic) bond motifs is 2. The fourth-order valence-electron chi connectivity index (χ4n) is 3.88. The Kier molecular flexibility index (Phi) is 2.75. The highest BCUT2D eigenvalue weighted by Gasteiger charge is 2.59. The average Bonchev–Trinajstić information content (AvgIpc) is 2.93. The van der Waals surface area contributed by atoms with Crippen molar-refractivity contribution in [2.24, 2.45) is 5.92 Å². The van der Waals surface area contributed by atoms with Gasteiger partial charge in [0.25, 0.3) is 0 Å². The minimum atomic E-state index is -0.465. The number of carbonyl (C=O) groups excluding carboxylic acids is 1. The zero-order valence-electron chi connectivity index (χ0n) is 11.4. The maximum absolute atomic E-state index is 12.8. The van der Waals surface area contributed by atoms with Crippen LogP contribution >= 0.6 is 0 Å². The van der Waals surface area contributed by atoms with Gasteiger partial charge in [0.15, 0.2) is 0 Å². The third kappa shape index (κ3) is 1.39. The Morgan fingerprint density at radius 3 is 2.89 bits per heavy atom. The number of para-hydroxylation sites is 1. The van der Waals surface area contributed by atoms with Crippen LogP contribution in [0.1, 0.15) is 18.4 Å². The molecule has 1 amide bonds. The first-order valence-electron chi connectivity index (χ1n) is 6.70. The molecule has 3 nitrogen and oxygen atoms in total. The number of ether oxygens (including phenoxy) is 1. The molecular formula is C16H19NO2. The van der Waals surface area contributed by atoms with Crippen molar-refractivity contribution in [2.75, 3.05) is 19.1 Å². The number of likely N-dealkylation sites (N-methyl/N-ethyl adjacent to an activating group) is 1. The van der Waals surface area contributed by atoms with Crippen LogP contribution in [0.5, 0.6) is 0 Å². The van der Waals surface area contributed by atoms with Crippen molar-refractivity contribution in [1.29, 1.82) is 0 Å². The van der Waals surface area contributed by atoms with Crippen molar-refractivity contribution in [1.82, 2.24) is 0 Å². The lowest BCUT2D eigenvalue weighted by molar-refractivity contribution is -0.124. The summed E-state index contributed by atoms with van der Waals surface area (Å²) in [7, 11) is 3.57. The molecule has 3 atom stereocenters. The van der Waals surface area contributed by atoms with Gasteiger partial charge in [0.1, 0.15) is 0 Å². The Balaban J connectivity index is 2.19. The van der Waals surface area contributed by atoms with Gasteiger partial charge in [-0.15, -0.1) is 6.58 Å². The number of carbonyl (C=O) groups is 1. The summed E-state index contributed by atoms with van der Waals surface area (Å²) in [5.74, 6) is 0.231. The molecule has 0 bridgehead atoms. The van der Waals surface area contributed by atoms with E-state index in [9.17, 15) is 4.79 Å². The zero-order chi connectivity index (χ0) is 13.6. The molecule has 3 rings (SSSR count). The highest BCUT2D eigenvalue weighted by atomic mass is 16.5. The number of amides is 1. The average molecular weight is 257 g/mol. The summed E-state index contributed by atoms with van der Waals surface area (Å²) >= 11 is 0. The van der Waals surface area contributed by atoms with Crippen molar-refractivity contribution in [3.8, 4) is 0 Å². The predicted molar refractivity (Wildman–Crippen MR) is 75.2 cm³/mol. The normalized spacial score (nSPS) is 32.9. The van der Waals surface area contributed by atoms with Crippen LogP contribution in [0.4, 0.5) is 5.69 Å². The van der Waals surface area contributed by atoms with Gasteiger partial charge in [-0.05, 0) is 24.5 Å². The monoisotopic (exact) mass is 257 g/mol. The predicted octanol–water partition coefficient (Wildman–Crippen LogP) is 2.51. The van der Waals surface area contributed by atoms with E-state index in [-0.39, 0.29) is 17.9 Å². The Morgan fingerprint density at radius 1 is 1.47 bits per heavy atom. The molecule has 19 heavy (non-hydrogen) atoms. The van der Waals surface area contributed by atoms with Crippen molar-refractivity contribution >= 4 is 11.6 Å². The van der Waals surface area contributed by atoms with E-state index in [0.29, 0.717) is 0 Å². The maximum Gasteiger partial charge on any atom is 0.238 e. The Hall–Kier alpha value is -1.61. The fourth-order valence-corrected chi connectivity index (χ4v) is 3.88. The van der Waals surface area contributed by atoms with Gasteiger partial charge < -0.3 is 9.64 Å². The zero-order valence-corrected chi connectivity index (χ0v) is 11.4. The molecule has 3 heteroatoms. The molecule has 0 N–H and O–H groups in total. The number of methoxy groups -OCH3 is 1. The minimum absolute atomic E-state index is 0.0519. The van der Waals surface area contributed by atoms with E-state index >= 15 is 0 Å². The standard InChI is InChI=1S/C16H19NO2/c1-4-11-14(19-3)9-10-16(11)12-7-5-6-8-13(12)17(2)15(16)18/h4-8,11,14H,1,9-10H2,2-3H3/t11?,14?,16-/m1/s1. The largest absolute Gasteiger partial charge is 0.381 e. The van der Waals surface area contributed by atoms with Gasteiger partial charge in [0.2, 0.25) is 5.91 Å². The van der Waals surface area contributed by atoms with Crippen LogP contribution in [0.15, 0.2) is 36.9 Å². The molecule has 1 spiro atoms. The van der Waals surface area contributed by atoms with E-state index in [4.69, 9.17) is 4.74 Å². The molecule has 0 saturated heterocycles. The molecule has 0 radical (unpaired) electrons. The minimum Gasteiger partial charge on any atom is -0.381 e. The summed E-state index contributed by atoms with van der Waals surface area (Å²) in [5.41, 5.74) is 1.69. The first-order chi connectivity index (χ1) is 9.16. The van der Waals surface area contributed by atoms with Gasteiger partial charge in [-0.25, -0.2) is 0 Å². The van der Waals surface area contributed by atoms with Gasteiger partial charge in [0, 0.05) is 25.8 Å². The van der Waals surface area contributed by atoms with E-state index in [0.717, 1.165) is 24.1 Å². The summed E-state index contributed by atoms with van der Waals surface area (Å²) in [5, 5.41) is 0. The first-order valence-corrected chi connectivity index (χ1v) is 6.70. The van der Waals surface area contributed by atoms with Crippen LogP contribution in [0, 0.1) is 5.92 Å². The summed E-state index contributed by atoms with van der Waals surface area (Å²) in [4.78, 5) is 14.6. The fraction of sp³-hybridized carbons (Fsp3) is 0.438. The number of hydrogen-bond acceptors (Lipinski definition) is 2. The molecule has 0 aromatic heterocycles. The van der Waals surface area contributed by atoms with Gasteiger partial charge in [-0.3, -0.25) is 4.79 Å². The van der Waals surface area contributed by atoms with E-state index in [1.165, 1.54) is 0 Å². The maximum atomic E-state index is 12.8. The molecule has 1 saturated carbocycles. The lowest BCUT2D eigenvalue weighted by Crippen LogP contribution is -2.43. The molecule has 1 aromatic carbocycles. The molecule has 2 unspecified atom stereocenters. The Labute approximate surface area is 113 Å². The van der Waals surface area contributed by atoms with Crippen LogP contribution in [0.25, 0.3) is 0 Å². The SMILES string of the molecule is C=CC1C(OC)CC[C@@]12C(=O)N(C)c1ccccc12. The van der Waals surface area contributed by atoms with Crippen LogP contribution in [0.3, 0.4) is 0 Å². The van der Waals surface area contributed by atoms with E-state index in [1.807, 2.05) is 31.3 Å². The molecular weight excluding hydrogens is 238 g/mol. The smallest absolute Gasteiger partial charge is 0.238 e. The summed E-state index contributed by atoms with van der Waals surface area (Å²) in [6, 6.07) is 8.08. The number of nitrogens with zero attached hydrogens (tertiary/aromatic N) is 1. The van der Waals surface area contributed by atoms with Crippen LogP contribution in [-0.2, 0) is 14.9 Å². The Morgan fingerprint density at radius 2 is 2.21 bits per heavy atom. The third-order valence-corrected chi connectivity index (χ3v) is 4.78. The lowest BCUT2D eigenvalue weighted by atomic mass is 9.72. The van der Waals surface area contributed by atoms with Crippen molar-refractivity contribution in [3.63, 3.8) is 0 Å². The van der Waals surface area contributed by atoms with Crippen LogP contribution in [-0.4, -0.2) is 26.2 Å². The number of hydrogen-bond donors (Lipinski definition) is 0. The van der Waals surface area contributed by atoms with Crippen LogP contribution in [0.2, 0.25) is 0 Å². The van der Waals surface area contributed by atoms with Crippen molar-refractivity contribution in [3.05, 3.63) is 42.5 Å². The quantitative estimate of drug-likeness (QED) is 0.762. The van der Waals surface area contributed by atoms with Gasteiger partial charge in [0.05, 0.1) is 11.5 Å². The summed E-state index contributed by atoms with van der Waals surface area (Å²) in [6.45, 7) is 3.94. The van der Waals surface area contributed by atoms with Gasteiger partial charge >= 0.3 is 0 Å². The second-order valence-corrected chi connectivity index (χ2v) is 5.43. The number of benzene rings is 1.